The predicted octanol–water partition coefficient (Wildman–Crippen LogP) is 4.08. The largest absolute Gasteiger partial charge is 0.328 e. The van der Waals surface area contributed by atoms with Gasteiger partial charge in [0.2, 0.25) is 0 Å². The molecule has 1 aromatic carbocycles. The molecule has 2 rings (SSSR count). The Morgan fingerprint density at radius 3 is 2.10 bits per heavy atom. The zero-order valence-electron chi connectivity index (χ0n) is 11.0. The van der Waals surface area contributed by atoms with Gasteiger partial charge in [0.15, 0.2) is 0 Å². The van der Waals surface area contributed by atoms with Gasteiger partial charge in [0.1, 0.15) is 0 Å². The Kier molecular flexibility index (Phi) is 4.47. The van der Waals surface area contributed by atoms with Crippen LogP contribution in [0.25, 0.3) is 0 Å². The molecule has 6 heteroatoms. The molecule has 0 saturated heterocycles. The van der Waals surface area contributed by atoms with Crippen LogP contribution < -0.4 is 9.80 Å². The van der Waals surface area contributed by atoms with Gasteiger partial charge in [-0.3, -0.25) is 14.8 Å². The Bertz CT molecular complexity index is 599. The Hall–Kier alpha value is -1.78. The van der Waals surface area contributed by atoms with E-state index in [9.17, 15) is 4.79 Å². The Morgan fingerprint density at radius 2 is 1.55 bits per heavy atom. The number of benzene rings is 1. The van der Waals surface area contributed by atoms with Crippen LogP contribution >= 0.6 is 23.2 Å². The van der Waals surface area contributed by atoms with Crippen molar-refractivity contribution in [3.8, 4) is 0 Å². The summed E-state index contributed by atoms with van der Waals surface area (Å²) in [5.74, 6) is 0. The molecule has 0 aliphatic heterocycles. The first-order valence-corrected chi connectivity index (χ1v) is 6.63. The van der Waals surface area contributed by atoms with E-state index in [4.69, 9.17) is 23.2 Å². The van der Waals surface area contributed by atoms with Crippen molar-refractivity contribution in [3.05, 3.63) is 52.8 Å². The third-order valence-electron chi connectivity index (χ3n) is 2.90. The van der Waals surface area contributed by atoms with Gasteiger partial charge in [-0.25, -0.2) is 4.79 Å². The van der Waals surface area contributed by atoms with Gasteiger partial charge in [0.25, 0.3) is 0 Å². The van der Waals surface area contributed by atoms with Gasteiger partial charge in [-0.05, 0) is 24.3 Å². The van der Waals surface area contributed by atoms with E-state index < -0.39 is 0 Å². The molecule has 4 nitrogen and oxygen atoms in total. The first kappa shape index (κ1) is 14.6. The maximum atomic E-state index is 12.5. The lowest BCUT2D eigenvalue weighted by Crippen LogP contribution is -2.39. The number of pyridine rings is 1. The number of aromatic nitrogens is 1. The summed E-state index contributed by atoms with van der Waals surface area (Å²) < 4.78 is 0. The average molecular weight is 310 g/mol. The molecular formula is C14H13Cl2N3O. The molecule has 0 saturated carbocycles. The fourth-order valence-electron chi connectivity index (χ4n) is 1.81. The second kappa shape index (κ2) is 6.11. The van der Waals surface area contributed by atoms with E-state index in [0.717, 1.165) is 5.69 Å². The van der Waals surface area contributed by atoms with Crippen LogP contribution in [0.5, 0.6) is 0 Å². The maximum Gasteiger partial charge on any atom is 0.328 e. The maximum absolute atomic E-state index is 12.5. The minimum absolute atomic E-state index is 0.244. The van der Waals surface area contributed by atoms with Crippen molar-refractivity contribution in [2.24, 2.45) is 0 Å². The summed E-state index contributed by atoms with van der Waals surface area (Å²) in [6.07, 6.45) is 3.25. The van der Waals surface area contributed by atoms with Crippen LogP contribution in [0.1, 0.15) is 0 Å². The van der Waals surface area contributed by atoms with Gasteiger partial charge in [0, 0.05) is 32.2 Å². The van der Waals surface area contributed by atoms with Crippen LogP contribution in [0.2, 0.25) is 10.0 Å². The topological polar surface area (TPSA) is 36.4 Å². The molecule has 1 aromatic heterocycles. The van der Waals surface area contributed by atoms with Crippen LogP contribution in [0.15, 0.2) is 42.7 Å². The van der Waals surface area contributed by atoms with Gasteiger partial charge in [0.05, 0.1) is 15.7 Å². The minimum Gasteiger partial charge on any atom is -0.297 e. The van der Waals surface area contributed by atoms with Crippen molar-refractivity contribution in [2.45, 2.75) is 0 Å². The summed E-state index contributed by atoms with van der Waals surface area (Å²) in [7, 11) is 3.31. The Labute approximate surface area is 127 Å². The Balaban J connectivity index is 2.29. The number of carbonyl (C=O) groups excluding carboxylic acids is 1. The van der Waals surface area contributed by atoms with Crippen LogP contribution in [0, 0.1) is 0 Å². The minimum atomic E-state index is -0.244. The van der Waals surface area contributed by atoms with E-state index in [1.54, 1.807) is 56.8 Å². The number of rotatable bonds is 2. The molecule has 0 atom stereocenters. The number of carbonyl (C=O) groups is 1. The second-order valence-corrected chi connectivity index (χ2v) is 4.99. The van der Waals surface area contributed by atoms with Crippen molar-refractivity contribution in [3.63, 3.8) is 0 Å². The number of para-hydroxylation sites is 1. The zero-order chi connectivity index (χ0) is 14.7. The fourth-order valence-corrected chi connectivity index (χ4v) is 2.46. The highest BCUT2D eigenvalue weighted by molar-refractivity contribution is 6.40. The molecule has 1 heterocycles. The smallest absolute Gasteiger partial charge is 0.297 e. The molecule has 0 aliphatic carbocycles. The van der Waals surface area contributed by atoms with Gasteiger partial charge in [-0.2, -0.15) is 0 Å². The average Bonchev–Trinajstić information content (AvgIpc) is 2.46. The highest BCUT2D eigenvalue weighted by Gasteiger charge is 2.21. The highest BCUT2D eigenvalue weighted by atomic mass is 35.5. The van der Waals surface area contributed by atoms with Gasteiger partial charge in [-0.1, -0.05) is 29.3 Å². The second-order valence-electron chi connectivity index (χ2n) is 4.18. The quantitative estimate of drug-likeness (QED) is 0.838. The fraction of sp³-hybridized carbons (Fsp3) is 0.143. The highest BCUT2D eigenvalue weighted by Crippen LogP contribution is 2.33. The van der Waals surface area contributed by atoms with Crippen molar-refractivity contribution in [1.29, 1.82) is 0 Å². The summed E-state index contributed by atoms with van der Waals surface area (Å²) in [4.78, 5) is 19.3. The molecule has 0 bridgehead atoms. The van der Waals surface area contributed by atoms with E-state index >= 15 is 0 Å². The molecule has 0 fully saturated rings. The Morgan fingerprint density at radius 1 is 1.00 bits per heavy atom. The number of urea groups is 1. The first-order valence-electron chi connectivity index (χ1n) is 5.88. The van der Waals surface area contributed by atoms with Crippen molar-refractivity contribution < 1.29 is 4.79 Å². The third kappa shape index (κ3) is 2.86. The predicted molar refractivity (Wildman–Crippen MR) is 82.9 cm³/mol. The lowest BCUT2D eigenvalue weighted by Gasteiger charge is -2.26. The molecule has 0 radical (unpaired) electrons. The van der Waals surface area contributed by atoms with Gasteiger partial charge < -0.3 is 0 Å². The molecule has 2 amide bonds. The molecule has 0 unspecified atom stereocenters. The van der Waals surface area contributed by atoms with E-state index in [1.165, 1.54) is 9.80 Å². The normalized spacial score (nSPS) is 10.2. The number of amides is 2. The molecule has 0 spiro atoms. The number of halogens is 2. The van der Waals surface area contributed by atoms with Crippen LogP contribution in [-0.2, 0) is 0 Å². The van der Waals surface area contributed by atoms with E-state index in [2.05, 4.69) is 4.98 Å². The molecule has 20 heavy (non-hydrogen) atoms. The molecule has 0 N–H and O–H groups in total. The van der Waals surface area contributed by atoms with E-state index in [1.807, 2.05) is 0 Å². The summed E-state index contributed by atoms with van der Waals surface area (Å²) in [6.45, 7) is 0. The number of hydrogen-bond donors (Lipinski definition) is 0. The third-order valence-corrected chi connectivity index (χ3v) is 3.51. The standard InChI is InChI=1S/C14H13Cl2N3O/c1-18(10-6-8-17-9-7-10)14(20)19(2)13-11(15)4-3-5-12(13)16/h3-9H,1-2H3. The molecular weight excluding hydrogens is 297 g/mol. The molecule has 2 aromatic rings. The number of anilines is 2. The van der Waals surface area contributed by atoms with Crippen molar-refractivity contribution >= 4 is 40.6 Å². The van der Waals surface area contributed by atoms with Crippen LogP contribution in [0.4, 0.5) is 16.2 Å². The molecule has 0 aliphatic rings. The SMILES string of the molecule is CN(C(=O)N(C)c1c(Cl)cccc1Cl)c1ccncc1. The lowest BCUT2D eigenvalue weighted by atomic mass is 10.3. The number of hydrogen-bond acceptors (Lipinski definition) is 2. The van der Waals surface area contributed by atoms with Crippen LogP contribution in [-0.4, -0.2) is 25.1 Å². The summed E-state index contributed by atoms with van der Waals surface area (Å²) in [5.41, 5.74) is 1.22. The zero-order valence-corrected chi connectivity index (χ0v) is 12.6. The number of nitrogens with zero attached hydrogens (tertiary/aromatic N) is 3. The van der Waals surface area contributed by atoms with Gasteiger partial charge >= 0.3 is 6.03 Å². The molecule has 104 valence electrons. The van der Waals surface area contributed by atoms with Crippen molar-refractivity contribution in [2.75, 3.05) is 23.9 Å². The summed E-state index contributed by atoms with van der Waals surface area (Å²) in [5, 5.41) is 0.855. The van der Waals surface area contributed by atoms with Crippen LogP contribution in [0.3, 0.4) is 0 Å². The first-order chi connectivity index (χ1) is 9.52. The van der Waals surface area contributed by atoms with E-state index in [0.29, 0.717) is 15.7 Å². The summed E-state index contributed by atoms with van der Waals surface area (Å²) >= 11 is 12.2. The lowest BCUT2D eigenvalue weighted by molar-refractivity contribution is 0.253. The monoisotopic (exact) mass is 309 g/mol. The van der Waals surface area contributed by atoms with E-state index in [-0.39, 0.29) is 6.03 Å². The van der Waals surface area contributed by atoms with Gasteiger partial charge in [-0.15, -0.1) is 0 Å². The van der Waals surface area contributed by atoms with Crippen molar-refractivity contribution in [1.82, 2.24) is 4.98 Å². The summed E-state index contributed by atoms with van der Waals surface area (Å²) in [6, 6.07) is 8.38.